The Morgan fingerprint density at radius 2 is 1.86 bits per heavy atom. The largest absolute Gasteiger partial charge is 0.350 e. The minimum atomic E-state index is -0.170. The maximum absolute atomic E-state index is 12.2. The van der Waals surface area contributed by atoms with E-state index in [1.54, 1.807) is 23.1 Å². The molecule has 2 amide bonds. The fourth-order valence-electron chi connectivity index (χ4n) is 2.47. The van der Waals surface area contributed by atoms with Crippen LogP contribution in [0.15, 0.2) is 48.5 Å². The Balaban J connectivity index is 1.55. The summed E-state index contributed by atoms with van der Waals surface area (Å²) < 4.78 is 0. The molecule has 0 radical (unpaired) electrons. The molecule has 0 saturated heterocycles. The van der Waals surface area contributed by atoms with E-state index >= 15 is 0 Å². The third-order valence-corrected chi connectivity index (χ3v) is 3.89. The van der Waals surface area contributed by atoms with Crippen molar-refractivity contribution in [3.05, 3.63) is 70.2 Å². The summed E-state index contributed by atoms with van der Waals surface area (Å²) in [6.07, 6.45) is 0. The maximum Gasteiger partial charge on any atom is 0.254 e. The molecule has 1 N–H and O–H groups in total. The number of rotatable bonds is 4. The van der Waals surface area contributed by atoms with Gasteiger partial charge in [0.1, 0.15) is 6.54 Å². The standard InChI is InChI=1S/C17H15ClN2O2/c18-14-7-5-12(6-8-14)9-19-16(21)11-20-10-13-3-1-2-4-15(13)17(20)22/h1-8H,9-11H2,(H,19,21). The lowest BCUT2D eigenvalue weighted by Crippen LogP contribution is -2.37. The lowest BCUT2D eigenvalue weighted by Gasteiger charge is -2.15. The first-order chi connectivity index (χ1) is 10.6. The van der Waals surface area contributed by atoms with Crippen LogP contribution in [0.3, 0.4) is 0 Å². The van der Waals surface area contributed by atoms with E-state index in [1.165, 1.54) is 0 Å². The summed E-state index contributed by atoms with van der Waals surface area (Å²) in [5.74, 6) is -0.256. The van der Waals surface area contributed by atoms with Crippen molar-refractivity contribution < 1.29 is 9.59 Å². The van der Waals surface area contributed by atoms with Crippen LogP contribution in [0.25, 0.3) is 0 Å². The highest BCUT2D eigenvalue weighted by molar-refractivity contribution is 6.30. The lowest BCUT2D eigenvalue weighted by atomic mass is 10.1. The summed E-state index contributed by atoms with van der Waals surface area (Å²) in [4.78, 5) is 25.7. The van der Waals surface area contributed by atoms with Crippen LogP contribution in [0, 0.1) is 0 Å². The quantitative estimate of drug-likeness (QED) is 0.943. The topological polar surface area (TPSA) is 49.4 Å². The third-order valence-electron chi connectivity index (χ3n) is 3.63. The summed E-state index contributed by atoms with van der Waals surface area (Å²) >= 11 is 5.82. The molecule has 0 spiro atoms. The molecule has 0 saturated carbocycles. The highest BCUT2D eigenvalue weighted by atomic mass is 35.5. The molecule has 112 valence electrons. The van der Waals surface area contributed by atoms with Crippen LogP contribution in [-0.4, -0.2) is 23.3 Å². The van der Waals surface area contributed by atoms with Crippen LogP contribution in [0.5, 0.6) is 0 Å². The van der Waals surface area contributed by atoms with Crippen LogP contribution in [0.4, 0.5) is 0 Å². The first-order valence-corrected chi connectivity index (χ1v) is 7.39. The summed E-state index contributed by atoms with van der Waals surface area (Å²) in [7, 11) is 0. The number of carbonyl (C=O) groups excluding carboxylic acids is 2. The van der Waals surface area contributed by atoms with E-state index < -0.39 is 0 Å². The molecule has 0 fully saturated rings. The van der Waals surface area contributed by atoms with Gasteiger partial charge < -0.3 is 10.2 Å². The van der Waals surface area contributed by atoms with Crippen LogP contribution in [0.2, 0.25) is 5.02 Å². The summed E-state index contributed by atoms with van der Waals surface area (Å²) in [6.45, 7) is 0.982. The van der Waals surface area contributed by atoms with Gasteiger partial charge in [0.2, 0.25) is 5.91 Å². The second-order valence-corrected chi connectivity index (χ2v) is 5.66. The Morgan fingerprint density at radius 3 is 2.59 bits per heavy atom. The first-order valence-electron chi connectivity index (χ1n) is 7.02. The Kier molecular flexibility index (Phi) is 4.11. The molecule has 22 heavy (non-hydrogen) atoms. The number of amides is 2. The molecular formula is C17H15ClN2O2. The highest BCUT2D eigenvalue weighted by Crippen LogP contribution is 2.21. The van der Waals surface area contributed by atoms with Crippen LogP contribution >= 0.6 is 11.6 Å². The summed E-state index contributed by atoms with van der Waals surface area (Å²) in [5, 5.41) is 3.48. The molecule has 0 unspecified atom stereocenters. The predicted octanol–water partition coefficient (Wildman–Crippen LogP) is 2.61. The van der Waals surface area contributed by atoms with Gasteiger partial charge in [0.05, 0.1) is 0 Å². The molecule has 1 aliphatic rings. The fraction of sp³-hybridized carbons (Fsp3) is 0.176. The van der Waals surface area contributed by atoms with Gasteiger partial charge in [-0.25, -0.2) is 0 Å². The van der Waals surface area contributed by atoms with Gasteiger partial charge in [-0.15, -0.1) is 0 Å². The molecule has 3 rings (SSSR count). The molecule has 2 aromatic carbocycles. The van der Waals surface area contributed by atoms with E-state index in [1.807, 2.05) is 30.3 Å². The second kappa shape index (κ2) is 6.20. The molecule has 4 nitrogen and oxygen atoms in total. The number of hydrogen-bond donors (Lipinski definition) is 1. The number of fused-ring (bicyclic) bond motifs is 1. The van der Waals surface area contributed by atoms with E-state index in [-0.39, 0.29) is 18.4 Å². The Bertz CT molecular complexity index is 713. The number of nitrogens with one attached hydrogen (secondary N) is 1. The lowest BCUT2D eigenvalue weighted by molar-refractivity contribution is -0.122. The number of carbonyl (C=O) groups is 2. The number of benzene rings is 2. The molecular weight excluding hydrogens is 300 g/mol. The molecule has 1 heterocycles. The molecule has 2 aromatic rings. The van der Waals surface area contributed by atoms with Gasteiger partial charge in [-0.05, 0) is 29.3 Å². The minimum Gasteiger partial charge on any atom is -0.350 e. The van der Waals surface area contributed by atoms with E-state index in [0.29, 0.717) is 23.7 Å². The predicted molar refractivity (Wildman–Crippen MR) is 84.5 cm³/mol. The summed E-state index contributed by atoms with van der Waals surface area (Å²) in [5.41, 5.74) is 2.62. The van der Waals surface area contributed by atoms with E-state index in [0.717, 1.165) is 11.1 Å². The highest BCUT2D eigenvalue weighted by Gasteiger charge is 2.27. The second-order valence-electron chi connectivity index (χ2n) is 5.22. The van der Waals surface area contributed by atoms with Gasteiger partial charge in [0, 0.05) is 23.7 Å². The third kappa shape index (κ3) is 3.12. The number of halogens is 1. The molecule has 0 atom stereocenters. The minimum absolute atomic E-state index is 0.0705. The van der Waals surface area contributed by atoms with Crippen molar-refractivity contribution in [3.8, 4) is 0 Å². The van der Waals surface area contributed by atoms with Gasteiger partial charge in [0.15, 0.2) is 0 Å². The maximum atomic E-state index is 12.2. The SMILES string of the molecule is O=C(CN1Cc2ccccc2C1=O)NCc1ccc(Cl)cc1. The van der Waals surface area contributed by atoms with Crippen molar-refractivity contribution in [2.24, 2.45) is 0 Å². The van der Waals surface area contributed by atoms with Crippen molar-refractivity contribution in [1.82, 2.24) is 10.2 Å². The van der Waals surface area contributed by atoms with Gasteiger partial charge in [-0.2, -0.15) is 0 Å². The van der Waals surface area contributed by atoms with Crippen molar-refractivity contribution >= 4 is 23.4 Å². The number of nitrogens with zero attached hydrogens (tertiary/aromatic N) is 1. The monoisotopic (exact) mass is 314 g/mol. The Morgan fingerprint density at radius 1 is 1.14 bits per heavy atom. The van der Waals surface area contributed by atoms with Gasteiger partial charge in [0.25, 0.3) is 5.91 Å². The van der Waals surface area contributed by atoms with E-state index in [2.05, 4.69) is 5.32 Å². The molecule has 5 heteroatoms. The van der Waals surface area contributed by atoms with Crippen molar-refractivity contribution in [2.75, 3.05) is 6.54 Å². The van der Waals surface area contributed by atoms with E-state index in [4.69, 9.17) is 11.6 Å². The van der Waals surface area contributed by atoms with Crippen molar-refractivity contribution in [2.45, 2.75) is 13.1 Å². The normalized spacial score (nSPS) is 13.1. The molecule has 1 aliphatic heterocycles. The zero-order chi connectivity index (χ0) is 15.5. The zero-order valence-electron chi connectivity index (χ0n) is 11.9. The smallest absolute Gasteiger partial charge is 0.254 e. The van der Waals surface area contributed by atoms with Gasteiger partial charge >= 0.3 is 0 Å². The van der Waals surface area contributed by atoms with Crippen LogP contribution in [-0.2, 0) is 17.9 Å². The number of hydrogen-bond acceptors (Lipinski definition) is 2. The average molecular weight is 315 g/mol. The Labute approximate surface area is 133 Å². The average Bonchev–Trinajstić information content (AvgIpc) is 2.83. The molecule has 0 bridgehead atoms. The summed E-state index contributed by atoms with van der Waals surface area (Å²) in [6, 6.07) is 14.7. The Hall–Kier alpha value is -2.33. The van der Waals surface area contributed by atoms with Crippen molar-refractivity contribution in [3.63, 3.8) is 0 Å². The van der Waals surface area contributed by atoms with Gasteiger partial charge in [-0.1, -0.05) is 41.9 Å². The van der Waals surface area contributed by atoms with Gasteiger partial charge in [-0.3, -0.25) is 9.59 Å². The van der Waals surface area contributed by atoms with E-state index in [9.17, 15) is 9.59 Å². The zero-order valence-corrected chi connectivity index (χ0v) is 12.6. The molecule has 0 aliphatic carbocycles. The van der Waals surface area contributed by atoms with Crippen LogP contribution in [0.1, 0.15) is 21.5 Å². The van der Waals surface area contributed by atoms with Crippen LogP contribution < -0.4 is 5.32 Å². The fourth-order valence-corrected chi connectivity index (χ4v) is 2.60. The van der Waals surface area contributed by atoms with Crippen molar-refractivity contribution in [1.29, 1.82) is 0 Å². The molecule has 0 aromatic heterocycles. The first kappa shape index (κ1) is 14.6.